The predicted octanol–water partition coefficient (Wildman–Crippen LogP) is 2.05. The fourth-order valence-corrected chi connectivity index (χ4v) is 2.37. The van der Waals surface area contributed by atoms with E-state index in [1.54, 1.807) is 7.05 Å². The molecule has 1 atom stereocenters. The molecule has 0 radical (unpaired) electrons. The topological polar surface area (TPSA) is 48.9 Å². The van der Waals surface area contributed by atoms with Crippen LogP contribution in [0.3, 0.4) is 0 Å². The fourth-order valence-electron chi connectivity index (χ4n) is 2.37. The van der Waals surface area contributed by atoms with Crippen molar-refractivity contribution in [3.8, 4) is 0 Å². The van der Waals surface area contributed by atoms with E-state index in [1.165, 1.54) is 11.1 Å². The maximum absolute atomic E-state index is 5.33. The standard InChI is InChI=1S/C18H32N4O/c1-6-15-8-10-16(11-9-15)17(22(4)5)14-21-18(19-3)20-12-13-23-7-2/h8-11,17H,6-7,12-14H2,1-5H3,(H2,19,20,21). The number of hydrogen-bond donors (Lipinski definition) is 2. The van der Waals surface area contributed by atoms with Gasteiger partial charge < -0.3 is 20.3 Å². The molecule has 0 aliphatic heterocycles. The number of likely N-dealkylation sites (N-methyl/N-ethyl adjacent to an activating group) is 1. The number of aliphatic imine (C=N–C) groups is 1. The average Bonchev–Trinajstić information content (AvgIpc) is 2.57. The summed E-state index contributed by atoms with van der Waals surface area (Å²) in [4.78, 5) is 6.48. The first-order valence-electron chi connectivity index (χ1n) is 8.39. The molecule has 1 unspecified atom stereocenters. The Balaban J connectivity index is 2.57. The number of benzene rings is 1. The van der Waals surface area contributed by atoms with Crippen molar-refractivity contribution in [2.24, 2.45) is 4.99 Å². The molecular weight excluding hydrogens is 288 g/mol. The smallest absolute Gasteiger partial charge is 0.191 e. The molecule has 23 heavy (non-hydrogen) atoms. The van der Waals surface area contributed by atoms with E-state index < -0.39 is 0 Å². The normalized spacial score (nSPS) is 13.2. The van der Waals surface area contributed by atoms with Gasteiger partial charge in [-0.05, 0) is 38.6 Å². The van der Waals surface area contributed by atoms with E-state index in [9.17, 15) is 0 Å². The first-order valence-corrected chi connectivity index (χ1v) is 8.39. The monoisotopic (exact) mass is 320 g/mol. The predicted molar refractivity (Wildman–Crippen MR) is 98.1 cm³/mol. The van der Waals surface area contributed by atoms with Crippen LogP contribution >= 0.6 is 0 Å². The van der Waals surface area contributed by atoms with Gasteiger partial charge in [-0.2, -0.15) is 0 Å². The molecule has 1 aromatic carbocycles. The van der Waals surface area contributed by atoms with Gasteiger partial charge in [0.2, 0.25) is 0 Å². The Hall–Kier alpha value is -1.59. The number of guanidine groups is 1. The van der Waals surface area contributed by atoms with Crippen molar-refractivity contribution in [3.05, 3.63) is 35.4 Å². The molecule has 0 aliphatic carbocycles. The van der Waals surface area contributed by atoms with E-state index >= 15 is 0 Å². The van der Waals surface area contributed by atoms with Crippen LogP contribution in [0.2, 0.25) is 0 Å². The highest BCUT2D eigenvalue weighted by atomic mass is 16.5. The number of aryl methyl sites for hydroxylation is 1. The van der Waals surface area contributed by atoms with Crippen LogP contribution in [0.15, 0.2) is 29.3 Å². The summed E-state index contributed by atoms with van der Waals surface area (Å²) in [6, 6.07) is 9.15. The second-order valence-electron chi connectivity index (χ2n) is 5.65. The molecule has 0 aromatic heterocycles. The number of rotatable bonds is 9. The molecule has 0 bridgehead atoms. The van der Waals surface area contributed by atoms with Gasteiger partial charge in [0.15, 0.2) is 5.96 Å². The van der Waals surface area contributed by atoms with E-state index in [0.717, 1.165) is 32.1 Å². The zero-order valence-corrected chi connectivity index (χ0v) is 15.2. The molecule has 0 aliphatic rings. The Morgan fingerprint density at radius 3 is 2.39 bits per heavy atom. The minimum absolute atomic E-state index is 0.298. The summed E-state index contributed by atoms with van der Waals surface area (Å²) in [5, 5.41) is 6.66. The van der Waals surface area contributed by atoms with Crippen LogP contribution < -0.4 is 10.6 Å². The summed E-state index contributed by atoms with van der Waals surface area (Å²) < 4.78 is 5.33. The maximum Gasteiger partial charge on any atom is 0.191 e. The molecule has 5 nitrogen and oxygen atoms in total. The summed E-state index contributed by atoms with van der Waals surface area (Å²) in [5.41, 5.74) is 2.68. The Labute approximate surface area is 141 Å². The molecule has 0 heterocycles. The van der Waals surface area contributed by atoms with Gasteiger partial charge in [-0.15, -0.1) is 0 Å². The fraction of sp³-hybridized carbons (Fsp3) is 0.611. The van der Waals surface area contributed by atoms with Crippen LogP contribution in [-0.4, -0.2) is 58.3 Å². The molecular formula is C18H32N4O. The van der Waals surface area contributed by atoms with Gasteiger partial charge in [-0.25, -0.2) is 0 Å². The maximum atomic E-state index is 5.33. The van der Waals surface area contributed by atoms with Crippen molar-refractivity contribution in [1.82, 2.24) is 15.5 Å². The lowest BCUT2D eigenvalue weighted by atomic mass is 10.0. The average molecular weight is 320 g/mol. The zero-order valence-electron chi connectivity index (χ0n) is 15.2. The summed E-state index contributed by atoms with van der Waals surface area (Å²) in [6.45, 7) is 7.16. The Morgan fingerprint density at radius 1 is 1.17 bits per heavy atom. The number of nitrogens with zero attached hydrogens (tertiary/aromatic N) is 2. The SMILES string of the molecule is CCOCCNC(=NC)NCC(c1ccc(CC)cc1)N(C)C. The number of hydrogen-bond acceptors (Lipinski definition) is 3. The Bertz CT molecular complexity index is 457. The van der Waals surface area contributed by atoms with Crippen molar-refractivity contribution in [1.29, 1.82) is 0 Å². The van der Waals surface area contributed by atoms with Crippen LogP contribution in [0.5, 0.6) is 0 Å². The number of ether oxygens (including phenoxy) is 1. The van der Waals surface area contributed by atoms with E-state index in [1.807, 2.05) is 6.92 Å². The highest BCUT2D eigenvalue weighted by Gasteiger charge is 2.14. The first kappa shape index (κ1) is 19.5. The van der Waals surface area contributed by atoms with Gasteiger partial charge in [-0.3, -0.25) is 4.99 Å². The third kappa shape index (κ3) is 7.01. The molecule has 1 aromatic rings. The molecule has 0 amide bonds. The molecule has 0 spiro atoms. The van der Waals surface area contributed by atoms with Gasteiger partial charge >= 0.3 is 0 Å². The van der Waals surface area contributed by atoms with Gasteiger partial charge in [0.05, 0.1) is 12.6 Å². The summed E-state index contributed by atoms with van der Waals surface area (Å²) in [7, 11) is 5.99. The van der Waals surface area contributed by atoms with Crippen molar-refractivity contribution < 1.29 is 4.74 Å². The summed E-state index contributed by atoms with van der Waals surface area (Å²) in [6.07, 6.45) is 1.07. The molecule has 130 valence electrons. The van der Waals surface area contributed by atoms with Crippen molar-refractivity contribution in [2.45, 2.75) is 26.3 Å². The third-order valence-electron chi connectivity index (χ3n) is 3.83. The molecule has 2 N–H and O–H groups in total. The van der Waals surface area contributed by atoms with Crippen LogP contribution in [-0.2, 0) is 11.2 Å². The van der Waals surface area contributed by atoms with Crippen LogP contribution in [0, 0.1) is 0 Å². The van der Waals surface area contributed by atoms with Gasteiger partial charge in [-0.1, -0.05) is 31.2 Å². The van der Waals surface area contributed by atoms with Crippen LogP contribution in [0.4, 0.5) is 0 Å². The molecule has 0 saturated carbocycles. The largest absolute Gasteiger partial charge is 0.380 e. The van der Waals surface area contributed by atoms with E-state index in [0.29, 0.717) is 12.6 Å². The summed E-state index contributed by atoms with van der Waals surface area (Å²) in [5.74, 6) is 0.807. The van der Waals surface area contributed by atoms with Crippen LogP contribution in [0.1, 0.15) is 31.0 Å². The van der Waals surface area contributed by atoms with E-state index in [-0.39, 0.29) is 0 Å². The second-order valence-corrected chi connectivity index (χ2v) is 5.65. The lowest BCUT2D eigenvalue weighted by molar-refractivity contribution is 0.152. The van der Waals surface area contributed by atoms with E-state index in [4.69, 9.17) is 4.74 Å². The Morgan fingerprint density at radius 2 is 1.87 bits per heavy atom. The van der Waals surface area contributed by atoms with Gasteiger partial charge in [0.25, 0.3) is 0 Å². The van der Waals surface area contributed by atoms with Crippen LogP contribution in [0.25, 0.3) is 0 Å². The van der Waals surface area contributed by atoms with Crippen molar-refractivity contribution in [3.63, 3.8) is 0 Å². The second kappa shape index (κ2) is 11.0. The molecule has 1 rings (SSSR count). The molecule has 0 saturated heterocycles. The lowest BCUT2D eigenvalue weighted by Crippen LogP contribution is -2.42. The van der Waals surface area contributed by atoms with Crippen molar-refractivity contribution >= 4 is 5.96 Å². The first-order chi connectivity index (χ1) is 11.1. The lowest BCUT2D eigenvalue weighted by Gasteiger charge is -2.26. The minimum Gasteiger partial charge on any atom is -0.380 e. The van der Waals surface area contributed by atoms with Gasteiger partial charge in [0.1, 0.15) is 0 Å². The highest BCUT2D eigenvalue weighted by molar-refractivity contribution is 5.79. The molecule has 0 fully saturated rings. The number of nitrogens with one attached hydrogen (secondary N) is 2. The highest BCUT2D eigenvalue weighted by Crippen LogP contribution is 2.18. The van der Waals surface area contributed by atoms with Crippen molar-refractivity contribution in [2.75, 3.05) is 47.4 Å². The van der Waals surface area contributed by atoms with Gasteiger partial charge in [0, 0.05) is 26.7 Å². The molecule has 5 heteroatoms. The Kier molecular flexibility index (Phi) is 9.33. The third-order valence-corrected chi connectivity index (χ3v) is 3.83. The summed E-state index contributed by atoms with van der Waals surface area (Å²) >= 11 is 0. The quantitative estimate of drug-likeness (QED) is 0.415. The zero-order chi connectivity index (χ0) is 17.1. The minimum atomic E-state index is 0.298. The van der Waals surface area contributed by atoms with E-state index in [2.05, 4.69) is 65.8 Å².